The van der Waals surface area contributed by atoms with E-state index >= 15 is 0 Å². The second-order valence-electron chi connectivity index (χ2n) is 2.91. The number of nitrogens with one attached hydrogen (secondary N) is 1. The van der Waals surface area contributed by atoms with Crippen LogP contribution >= 0.6 is 22.6 Å². The Labute approximate surface area is 100 Å². The fourth-order valence-electron chi connectivity index (χ4n) is 1.03. The van der Waals surface area contributed by atoms with Crippen LogP contribution in [0.2, 0.25) is 0 Å². The normalized spacial score (nSPS) is 10.3. The van der Waals surface area contributed by atoms with Gasteiger partial charge in [0.05, 0.1) is 6.54 Å². The van der Waals surface area contributed by atoms with Gasteiger partial charge in [0.1, 0.15) is 6.33 Å². The summed E-state index contributed by atoms with van der Waals surface area (Å²) in [7, 11) is 1.83. The zero-order valence-corrected chi connectivity index (χ0v) is 10.2. The van der Waals surface area contributed by atoms with Gasteiger partial charge >= 0.3 is 0 Å². The zero-order valence-electron chi connectivity index (χ0n) is 8.05. The van der Waals surface area contributed by atoms with E-state index in [9.17, 15) is 0 Å². The molecule has 78 valence electrons. The molecule has 0 bridgehead atoms. The lowest BCUT2D eigenvalue weighted by Crippen LogP contribution is -2.05. The molecule has 0 atom stereocenters. The highest BCUT2D eigenvalue weighted by Crippen LogP contribution is 2.03. The second-order valence-corrected chi connectivity index (χ2v) is 4.16. The highest BCUT2D eigenvalue weighted by atomic mass is 127. The molecule has 0 fully saturated rings. The minimum atomic E-state index is 0.529. The summed E-state index contributed by atoms with van der Waals surface area (Å²) in [5.74, 6) is 1.31. The molecule has 0 aliphatic rings. The molecule has 2 heterocycles. The number of rotatable bonds is 3. The Bertz CT molecular complexity index is 437. The minimum Gasteiger partial charge on any atom is -0.347 e. The molecule has 0 aliphatic carbocycles. The maximum absolute atomic E-state index is 4.13. The molecule has 0 spiro atoms. The van der Waals surface area contributed by atoms with Crippen molar-refractivity contribution in [1.82, 2.24) is 24.7 Å². The van der Waals surface area contributed by atoms with Crippen LogP contribution in [-0.4, -0.2) is 24.7 Å². The quantitative estimate of drug-likeness (QED) is 0.849. The molecule has 0 aliphatic heterocycles. The van der Waals surface area contributed by atoms with Gasteiger partial charge in [0.2, 0.25) is 5.95 Å². The molecule has 0 unspecified atom stereocenters. The summed E-state index contributed by atoms with van der Waals surface area (Å²) in [6.45, 7) is 0.529. The summed E-state index contributed by atoms with van der Waals surface area (Å²) in [5.41, 5.74) is 0. The average molecular weight is 316 g/mol. The number of hydrogen-bond acceptors (Lipinski definition) is 5. The topological polar surface area (TPSA) is 68.5 Å². The van der Waals surface area contributed by atoms with Crippen molar-refractivity contribution in [3.63, 3.8) is 0 Å². The predicted octanol–water partition coefficient (Wildman–Crippen LogP) is 0.822. The highest BCUT2D eigenvalue weighted by Gasteiger charge is 1.99. The molecule has 6 nitrogen and oxygen atoms in total. The first kappa shape index (κ1) is 10.3. The highest BCUT2D eigenvalue weighted by molar-refractivity contribution is 14.1. The Balaban J connectivity index is 1.96. The third kappa shape index (κ3) is 2.85. The fraction of sp³-hybridized carbons (Fsp3) is 0.250. The second kappa shape index (κ2) is 4.51. The van der Waals surface area contributed by atoms with Crippen LogP contribution in [0.5, 0.6) is 0 Å². The van der Waals surface area contributed by atoms with Gasteiger partial charge in [0.25, 0.3) is 0 Å². The summed E-state index contributed by atoms with van der Waals surface area (Å²) in [6, 6.07) is 0. The lowest BCUT2D eigenvalue weighted by molar-refractivity contribution is 0.746. The lowest BCUT2D eigenvalue weighted by atomic mass is 10.6. The third-order valence-corrected chi connectivity index (χ3v) is 2.23. The largest absolute Gasteiger partial charge is 0.347 e. The maximum atomic E-state index is 4.13. The summed E-state index contributed by atoms with van der Waals surface area (Å²) >= 11 is 2.16. The molecule has 0 saturated heterocycles. The van der Waals surface area contributed by atoms with Crippen LogP contribution in [0.25, 0.3) is 0 Å². The van der Waals surface area contributed by atoms with Crippen molar-refractivity contribution in [2.24, 2.45) is 7.05 Å². The Morgan fingerprint density at radius 2 is 2.07 bits per heavy atom. The van der Waals surface area contributed by atoms with Crippen LogP contribution in [-0.2, 0) is 13.6 Å². The van der Waals surface area contributed by atoms with Gasteiger partial charge in [-0.2, -0.15) is 5.10 Å². The van der Waals surface area contributed by atoms with Crippen molar-refractivity contribution in [3.8, 4) is 0 Å². The van der Waals surface area contributed by atoms with E-state index in [2.05, 4.69) is 48.0 Å². The molecule has 15 heavy (non-hydrogen) atoms. The number of aryl methyl sites for hydroxylation is 1. The van der Waals surface area contributed by atoms with E-state index in [1.165, 1.54) is 0 Å². The van der Waals surface area contributed by atoms with Gasteiger partial charge in [-0.25, -0.2) is 15.0 Å². The van der Waals surface area contributed by atoms with Crippen molar-refractivity contribution in [3.05, 3.63) is 28.1 Å². The molecule has 0 saturated carbocycles. The number of halogens is 1. The number of nitrogens with zero attached hydrogens (tertiary/aromatic N) is 5. The van der Waals surface area contributed by atoms with Crippen LogP contribution in [0.1, 0.15) is 5.82 Å². The summed E-state index contributed by atoms with van der Waals surface area (Å²) in [5, 5.41) is 7.17. The summed E-state index contributed by atoms with van der Waals surface area (Å²) < 4.78 is 2.67. The van der Waals surface area contributed by atoms with E-state index in [1.54, 1.807) is 23.4 Å². The Hall–Kier alpha value is -1.25. The van der Waals surface area contributed by atoms with Crippen molar-refractivity contribution in [1.29, 1.82) is 0 Å². The van der Waals surface area contributed by atoms with E-state index in [0.717, 1.165) is 9.39 Å². The number of anilines is 1. The van der Waals surface area contributed by atoms with Gasteiger partial charge in [-0.1, -0.05) is 0 Å². The summed E-state index contributed by atoms with van der Waals surface area (Å²) in [6.07, 6.45) is 5.16. The maximum Gasteiger partial charge on any atom is 0.223 e. The van der Waals surface area contributed by atoms with Crippen LogP contribution < -0.4 is 5.32 Å². The average Bonchev–Trinajstić information content (AvgIpc) is 2.64. The molecule has 0 aromatic carbocycles. The molecule has 7 heteroatoms. The number of hydrogen-bond donors (Lipinski definition) is 1. The third-order valence-electron chi connectivity index (χ3n) is 1.67. The van der Waals surface area contributed by atoms with Gasteiger partial charge in [-0.05, 0) is 22.6 Å². The monoisotopic (exact) mass is 316 g/mol. The molecule has 2 aromatic heterocycles. The molecular formula is C8H9IN6. The van der Waals surface area contributed by atoms with Crippen molar-refractivity contribution in [2.45, 2.75) is 6.54 Å². The molecule has 0 amide bonds. The van der Waals surface area contributed by atoms with E-state index in [0.29, 0.717) is 12.5 Å². The standard InChI is InChI=1S/C8H9IN6/c1-15-5-13-7(14-15)4-12-8-10-2-6(9)3-11-8/h2-3,5H,4H2,1H3,(H,10,11,12). The zero-order chi connectivity index (χ0) is 10.7. The van der Waals surface area contributed by atoms with E-state index in [4.69, 9.17) is 0 Å². The van der Waals surface area contributed by atoms with Crippen LogP contribution in [0.15, 0.2) is 18.7 Å². The van der Waals surface area contributed by atoms with Gasteiger partial charge in [-0.3, -0.25) is 4.68 Å². The minimum absolute atomic E-state index is 0.529. The summed E-state index contributed by atoms with van der Waals surface area (Å²) in [4.78, 5) is 12.3. The fourth-order valence-corrected chi connectivity index (χ4v) is 1.31. The van der Waals surface area contributed by atoms with Crippen molar-refractivity contribution < 1.29 is 0 Å². The first-order chi connectivity index (χ1) is 7.24. The van der Waals surface area contributed by atoms with Crippen LogP contribution in [0.3, 0.4) is 0 Å². The molecule has 0 radical (unpaired) electrons. The SMILES string of the molecule is Cn1cnc(CNc2ncc(I)cn2)n1. The molecule has 2 rings (SSSR count). The van der Waals surface area contributed by atoms with Gasteiger partial charge in [0, 0.05) is 23.0 Å². The Morgan fingerprint density at radius 1 is 1.33 bits per heavy atom. The Morgan fingerprint density at radius 3 is 2.67 bits per heavy atom. The van der Waals surface area contributed by atoms with E-state index in [-0.39, 0.29) is 0 Å². The molecule has 2 aromatic rings. The first-order valence-electron chi connectivity index (χ1n) is 4.30. The van der Waals surface area contributed by atoms with Crippen molar-refractivity contribution >= 4 is 28.5 Å². The van der Waals surface area contributed by atoms with Gasteiger partial charge in [-0.15, -0.1) is 0 Å². The number of aromatic nitrogens is 5. The predicted molar refractivity (Wildman–Crippen MR) is 63.1 cm³/mol. The van der Waals surface area contributed by atoms with E-state index in [1.807, 2.05) is 7.05 Å². The van der Waals surface area contributed by atoms with Gasteiger partial charge < -0.3 is 5.32 Å². The molecule has 1 N–H and O–H groups in total. The van der Waals surface area contributed by atoms with Crippen LogP contribution in [0, 0.1) is 3.57 Å². The first-order valence-corrected chi connectivity index (χ1v) is 5.38. The molecular weight excluding hydrogens is 307 g/mol. The van der Waals surface area contributed by atoms with E-state index < -0.39 is 0 Å². The van der Waals surface area contributed by atoms with Gasteiger partial charge in [0.15, 0.2) is 5.82 Å². The van der Waals surface area contributed by atoms with Crippen molar-refractivity contribution in [2.75, 3.05) is 5.32 Å². The van der Waals surface area contributed by atoms with Crippen LogP contribution in [0.4, 0.5) is 5.95 Å². The Kier molecular flexibility index (Phi) is 3.09. The smallest absolute Gasteiger partial charge is 0.223 e. The lowest BCUT2D eigenvalue weighted by Gasteiger charge is -2.00.